The summed E-state index contributed by atoms with van der Waals surface area (Å²) in [6.45, 7) is 7.17. The van der Waals surface area contributed by atoms with Gasteiger partial charge < -0.3 is 5.32 Å². The largest absolute Gasteiger partial charge is 0.305 e. The zero-order valence-corrected chi connectivity index (χ0v) is 9.96. The van der Waals surface area contributed by atoms with Gasteiger partial charge >= 0.3 is 0 Å². The van der Waals surface area contributed by atoms with Gasteiger partial charge in [0.2, 0.25) is 11.8 Å². The van der Waals surface area contributed by atoms with Gasteiger partial charge in [-0.25, -0.2) is 0 Å². The molecule has 0 aliphatic carbocycles. The summed E-state index contributed by atoms with van der Waals surface area (Å²) in [5, 5.41) is 3.17. The van der Waals surface area contributed by atoms with Gasteiger partial charge in [0.15, 0.2) is 0 Å². The third-order valence-corrected chi connectivity index (χ3v) is 3.17. The zero-order valence-electron chi connectivity index (χ0n) is 9.96. The van der Waals surface area contributed by atoms with E-state index >= 15 is 0 Å². The van der Waals surface area contributed by atoms with Crippen molar-refractivity contribution in [2.75, 3.05) is 13.6 Å². The SMILES string of the molecule is CCC(C)(C)CNC1CC(=O)N(C)C1=O. The summed E-state index contributed by atoms with van der Waals surface area (Å²) >= 11 is 0. The maximum atomic E-state index is 11.6. The maximum Gasteiger partial charge on any atom is 0.246 e. The molecule has 0 bridgehead atoms. The standard InChI is InChI=1S/C11H20N2O2/c1-5-11(2,3)7-12-8-6-9(14)13(4)10(8)15/h8,12H,5-7H2,1-4H3. The van der Waals surface area contributed by atoms with Gasteiger partial charge in [-0.05, 0) is 11.8 Å². The van der Waals surface area contributed by atoms with E-state index in [1.54, 1.807) is 0 Å². The molecule has 86 valence electrons. The number of carbonyl (C=O) groups excluding carboxylic acids is 2. The fraction of sp³-hybridized carbons (Fsp3) is 0.818. The van der Waals surface area contributed by atoms with E-state index in [2.05, 4.69) is 26.1 Å². The molecular formula is C11H20N2O2. The van der Waals surface area contributed by atoms with Gasteiger partial charge in [0, 0.05) is 13.6 Å². The van der Waals surface area contributed by atoms with Crippen LogP contribution in [0.1, 0.15) is 33.6 Å². The number of hydrogen-bond donors (Lipinski definition) is 1. The summed E-state index contributed by atoms with van der Waals surface area (Å²) in [6, 6.07) is -0.312. The number of amides is 2. The van der Waals surface area contributed by atoms with Gasteiger partial charge in [0.25, 0.3) is 0 Å². The van der Waals surface area contributed by atoms with E-state index in [1.807, 2.05) is 0 Å². The van der Waals surface area contributed by atoms with Crippen molar-refractivity contribution in [3.63, 3.8) is 0 Å². The van der Waals surface area contributed by atoms with E-state index in [0.717, 1.165) is 13.0 Å². The average molecular weight is 212 g/mol. The normalized spacial score (nSPS) is 22.7. The van der Waals surface area contributed by atoms with Gasteiger partial charge in [-0.3, -0.25) is 14.5 Å². The van der Waals surface area contributed by atoms with Crippen LogP contribution in [0.15, 0.2) is 0 Å². The van der Waals surface area contributed by atoms with E-state index in [-0.39, 0.29) is 23.3 Å². The van der Waals surface area contributed by atoms with Crippen molar-refractivity contribution in [2.45, 2.75) is 39.7 Å². The molecule has 4 heteroatoms. The molecule has 1 aliphatic heterocycles. The lowest BCUT2D eigenvalue weighted by atomic mass is 9.90. The molecule has 1 rings (SSSR count). The first-order valence-corrected chi connectivity index (χ1v) is 5.41. The zero-order chi connectivity index (χ0) is 11.6. The minimum atomic E-state index is -0.312. The second kappa shape index (κ2) is 4.31. The highest BCUT2D eigenvalue weighted by Crippen LogP contribution is 2.19. The minimum absolute atomic E-state index is 0.0909. The van der Waals surface area contributed by atoms with Crippen LogP contribution in [0.2, 0.25) is 0 Å². The van der Waals surface area contributed by atoms with Crippen LogP contribution in [0.25, 0.3) is 0 Å². The molecule has 1 saturated heterocycles. The monoisotopic (exact) mass is 212 g/mol. The predicted molar refractivity (Wildman–Crippen MR) is 58.3 cm³/mol. The number of nitrogens with zero attached hydrogens (tertiary/aromatic N) is 1. The molecule has 0 aromatic carbocycles. The highest BCUT2D eigenvalue weighted by Gasteiger charge is 2.36. The summed E-state index contributed by atoms with van der Waals surface area (Å²) in [4.78, 5) is 24.0. The molecule has 0 radical (unpaired) electrons. The fourth-order valence-corrected chi connectivity index (χ4v) is 1.44. The molecule has 1 atom stereocenters. The van der Waals surface area contributed by atoms with Crippen molar-refractivity contribution >= 4 is 11.8 Å². The Bertz CT molecular complexity index is 274. The maximum absolute atomic E-state index is 11.6. The van der Waals surface area contributed by atoms with Gasteiger partial charge in [-0.15, -0.1) is 0 Å². The number of likely N-dealkylation sites (N-methyl/N-ethyl adjacent to an activating group) is 1. The Balaban J connectivity index is 2.48. The van der Waals surface area contributed by atoms with Gasteiger partial charge in [0.1, 0.15) is 0 Å². The van der Waals surface area contributed by atoms with Gasteiger partial charge in [-0.2, -0.15) is 0 Å². The molecule has 0 spiro atoms. The molecule has 1 N–H and O–H groups in total. The van der Waals surface area contributed by atoms with Crippen molar-refractivity contribution in [3.05, 3.63) is 0 Å². The number of nitrogens with one attached hydrogen (secondary N) is 1. The smallest absolute Gasteiger partial charge is 0.246 e. The Morgan fingerprint density at radius 1 is 1.47 bits per heavy atom. The van der Waals surface area contributed by atoms with E-state index in [0.29, 0.717) is 6.42 Å². The van der Waals surface area contributed by atoms with Gasteiger partial charge in [-0.1, -0.05) is 20.8 Å². The lowest BCUT2D eigenvalue weighted by Crippen LogP contribution is -2.41. The highest BCUT2D eigenvalue weighted by atomic mass is 16.2. The fourth-order valence-electron chi connectivity index (χ4n) is 1.44. The average Bonchev–Trinajstić information content (AvgIpc) is 2.43. The van der Waals surface area contributed by atoms with E-state index in [4.69, 9.17) is 0 Å². The summed E-state index contributed by atoms with van der Waals surface area (Å²) in [5.41, 5.74) is 0.171. The van der Waals surface area contributed by atoms with Crippen LogP contribution in [-0.2, 0) is 9.59 Å². The molecule has 1 unspecified atom stereocenters. The number of carbonyl (C=O) groups is 2. The summed E-state index contributed by atoms with van der Waals surface area (Å²) in [6.07, 6.45) is 1.35. The van der Waals surface area contributed by atoms with Crippen LogP contribution in [0, 0.1) is 5.41 Å². The topological polar surface area (TPSA) is 49.4 Å². The number of imide groups is 1. The third kappa shape index (κ3) is 2.78. The molecule has 4 nitrogen and oxygen atoms in total. The number of rotatable bonds is 4. The molecule has 2 amide bonds. The van der Waals surface area contributed by atoms with Crippen molar-refractivity contribution in [1.82, 2.24) is 10.2 Å². The van der Waals surface area contributed by atoms with Crippen molar-refractivity contribution < 1.29 is 9.59 Å². The van der Waals surface area contributed by atoms with Crippen LogP contribution in [0.4, 0.5) is 0 Å². The molecule has 0 aromatic rings. The second-order valence-corrected chi connectivity index (χ2v) is 4.95. The Labute approximate surface area is 91.0 Å². The summed E-state index contributed by atoms with van der Waals surface area (Å²) in [5.74, 6) is -0.196. The van der Waals surface area contributed by atoms with E-state index < -0.39 is 0 Å². The van der Waals surface area contributed by atoms with Gasteiger partial charge in [0.05, 0.1) is 12.5 Å². The Hall–Kier alpha value is -0.900. The minimum Gasteiger partial charge on any atom is -0.305 e. The van der Waals surface area contributed by atoms with Crippen LogP contribution < -0.4 is 5.32 Å². The molecule has 15 heavy (non-hydrogen) atoms. The summed E-state index contributed by atoms with van der Waals surface area (Å²) in [7, 11) is 1.54. The van der Waals surface area contributed by atoms with Crippen LogP contribution in [0.5, 0.6) is 0 Å². The lowest BCUT2D eigenvalue weighted by molar-refractivity contribution is -0.137. The first kappa shape index (κ1) is 12.2. The number of hydrogen-bond acceptors (Lipinski definition) is 3. The Kier molecular flexibility index (Phi) is 3.50. The summed E-state index contributed by atoms with van der Waals surface area (Å²) < 4.78 is 0. The first-order valence-electron chi connectivity index (χ1n) is 5.41. The molecule has 1 fully saturated rings. The quantitative estimate of drug-likeness (QED) is 0.700. The van der Waals surface area contributed by atoms with Crippen molar-refractivity contribution in [3.8, 4) is 0 Å². The highest BCUT2D eigenvalue weighted by molar-refractivity contribution is 6.05. The predicted octanol–water partition coefficient (Wildman–Crippen LogP) is 0.769. The first-order chi connectivity index (χ1) is 6.87. The number of likely N-dealkylation sites (tertiary alicyclic amines) is 1. The Morgan fingerprint density at radius 3 is 2.47 bits per heavy atom. The van der Waals surface area contributed by atoms with Crippen LogP contribution in [-0.4, -0.2) is 36.3 Å². The molecule has 1 aliphatic rings. The Morgan fingerprint density at radius 2 is 2.07 bits per heavy atom. The molecule has 0 saturated carbocycles. The third-order valence-electron chi connectivity index (χ3n) is 3.17. The molecule has 0 aromatic heterocycles. The van der Waals surface area contributed by atoms with Crippen LogP contribution >= 0.6 is 0 Å². The second-order valence-electron chi connectivity index (χ2n) is 4.95. The lowest BCUT2D eigenvalue weighted by Gasteiger charge is -2.24. The molecular weight excluding hydrogens is 192 g/mol. The van der Waals surface area contributed by atoms with E-state index in [1.165, 1.54) is 11.9 Å². The van der Waals surface area contributed by atoms with Crippen LogP contribution in [0.3, 0.4) is 0 Å². The molecule has 1 heterocycles. The van der Waals surface area contributed by atoms with Crippen molar-refractivity contribution in [1.29, 1.82) is 0 Å². The van der Waals surface area contributed by atoms with Crippen molar-refractivity contribution in [2.24, 2.45) is 5.41 Å². The van der Waals surface area contributed by atoms with E-state index in [9.17, 15) is 9.59 Å².